The van der Waals surface area contributed by atoms with Crippen LogP contribution in [0.15, 0.2) is 12.1 Å². The molecule has 0 aliphatic heterocycles. The molecule has 0 spiro atoms. The molecule has 0 saturated heterocycles. The molecule has 0 atom stereocenters. The van der Waals surface area contributed by atoms with Crippen LogP contribution in [-0.2, 0) is 6.61 Å². The maximum absolute atomic E-state index is 8.91. The highest BCUT2D eigenvalue weighted by Gasteiger charge is 2.03. The lowest BCUT2D eigenvalue weighted by molar-refractivity contribution is 0.281. The monoisotopic (exact) mass is 273 g/mol. The molecule has 0 unspecified atom stereocenters. The Balaban J connectivity index is 3.31. The first kappa shape index (κ1) is 9.49. The number of aliphatic hydroxyl groups is 1. The number of rotatable bonds is 1. The van der Waals surface area contributed by atoms with Gasteiger partial charge in [0.05, 0.1) is 18.2 Å². The number of nitriles is 1. The number of aryl methyl sites for hydroxylation is 1. The van der Waals surface area contributed by atoms with Crippen molar-refractivity contribution >= 4 is 22.6 Å². The molecule has 0 heterocycles. The molecule has 0 aliphatic carbocycles. The van der Waals surface area contributed by atoms with Crippen LogP contribution in [0.3, 0.4) is 0 Å². The zero-order valence-corrected chi connectivity index (χ0v) is 8.79. The van der Waals surface area contributed by atoms with E-state index in [9.17, 15) is 0 Å². The first-order chi connectivity index (χ1) is 5.69. The van der Waals surface area contributed by atoms with Gasteiger partial charge in [-0.2, -0.15) is 5.26 Å². The SMILES string of the molecule is Cc1cc(CO)c(C#N)cc1I. The van der Waals surface area contributed by atoms with Gasteiger partial charge in [-0.05, 0) is 46.7 Å². The van der Waals surface area contributed by atoms with Gasteiger partial charge in [-0.25, -0.2) is 0 Å². The number of nitrogens with zero attached hydrogens (tertiary/aromatic N) is 1. The average molecular weight is 273 g/mol. The van der Waals surface area contributed by atoms with Gasteiger partial charge in [0.25, 0.3) is 0 Å². The molecule has 1 rings (SSSR count). The van der Waals surface area contributed by atoms with E-state index in [0.29, 0.717) is 11.1 Å². The normalized spacial score (nSPS) is 9.50. The fourth-order valence-corrected chi connectivity index (χ4v) is 1.44. The molecule has 0 bridgehead atoms. The zero-order valence-electron chi connectivity index (χ0n) is 6.63. The Labute approximate surface area is 85.0 Å². The van der Waals surface area contributed by atoms with E-state index in [4.69, 9.17) is 10.4 Å². The van der Waals surface area contributed by atoms with Crippen LogP contribution in [0.4, 0.5) is 0 Å². The average Bonchev–Trinajstić information content (AvgIpc) is 2.09. The Morgan fingerprint density at radius 3 is 2.75 bits per heavy atom. The van der Waals surface area contributed by atoms with Gasteiger partial charge in [0.15, 0.2) is 0 Å². The number of hydrogen-bond acceptors (Lipinski definition) is 2. The number of halogens is 1. The Hall–Kier alpha value is -0.600. The molecule has 0 radical (unpaired) electrons. The molecule has 1 N–H and O–H groups in total. The minimum atomic E-state index is -0.0688. The van der Waals surface area contributed by atoms with E-state index in [1.807, 2.05) is 19.1 Å². The van der Waals surface area contributed by atoms with Crippen molar-refractivity contribution in [3.05, 3.63) is 32.4 Å². The Kier molecular flexibility index (Phi) is 3.06. The van der Waals surface area contributed by atoms with E-state index in [0.717, 1.165) is 9.13 Å². The lowest BCUT2D eigenvalue weighted by Crippen LogP contribution is -1.92. The maximum atomic E-state index is 8.91. The Bertz CT molecular complexity index is 341. The Morgan fingerprint density at radius 1 is 1.58 bits per heavy atom. The van der Waals surface area contributed by atoms with Crippen molar-refractivity contribution in [2.24, 2.45) is 0 Å². The first-order valence-corrected chi connectivity index (χ1v) is 4.57. The highest BCUT2D eigenvalue weighted by atomic mass is 127. The standard InChI is InChI=1S/C9H8INO/c1-6-2-8(5-12)7(4-11)3-9(6)10/h2-3,12H,5H2,1H3. The number of hydrogen-bond donors (Lipinski definition) is 1. The zero-order chi connectivity index (χ0) is 9.14. The lowest BCUT2D eigenvalue weighted by Gasteiger charge is -2.03. The number of aliphatic hydroxyl groups excluding tert-OH is 1. The minimum Gasteiger partial charge on any atom is -0.392 e. The fourth-order valence-electron chi connectivity index (χ4n) is 0.976. The van der Waals surface area contributed by atoms with Crippen LogP contribution in [0, 0.1) is 21.8 Å². The second-order valence-electron chi connectivity index (χ2n) is 2.53. The molecule has 0 aromatic heterocycles. The third kappa shape index (κ3) is 1.76. The van der Waals surface area contributed by atoms with Crippen molar-refractivity contribution in [3.63, 3.8) is 0 Å². The summed E-state index contributed by atoms with van der Waals surface area (Å²) >= 11 is 2.17. The van der Waals surface area contributed by atoms with Gasteiger partial charge in [-0.15, -0.1) is 0 Å². The van der Waals surface area contributed by atoms with E-state index in [2.05, 4.69) is 22.6 Å². The summed E-state index contributed by atoms with van der Waals surface area (Å²) in [4.78, 5) is 0. The van der Waals surface area contributed by atoms with Crippen molar-refractivity contribution in [1.82, 2.24) is 0 Å². The summed E-state index contributed by atoms with van der Waals surface area (Å²) in [6.45, 7) is 1.89. The molecule has 62 valence electrons. The van der Waals surface area contributed by atoms with Gasteiger partial charge < -0.3 is 5.11 Å². The second kappa shape index (κ2) is 3.87. The van der Waals surface area contributed by atoms with Crippen LogP contribution in [-0.4, -0.2) is 5.11 Å². The molecule has 0 aliphatic rings. The predicted octanol–water partition coefficient (Wildman–Crippen LogP) is 1.96. The third-order valence-corrected chi connectivity index (χ3v) is 2.84. The molecule has 1 aromatic carbocycles. The van der Waals surface area contributed by atoms with Crippen LogP contribution < -0.4 is 0 Å². The van der Waals surface area contributed by atoms with Crippen LogP contribution in [0.2, 0.25) is 0 Å². The van der Waals surface area contributed by atoms with Gasteiger partial charge >= 0.3 is 0 Å². The quantitative estimate of drug-likeness (QED) is 0.795. The largest absolute Gasteiger partial charge is 0.392 e. The summed E-state index contributed by atoms with van der Waals surface area (Å²) in [5.74, 6) is 0. The summed E-state index contributed by atoms with van der Waals surface area (Å²) in [5.41, 5.74) is 2.36. The third-order valence-electron chi connectivity index (χ3n) is 1.68. The van der Waals surface area contributed by atoms with E-state index < -0.39 is 0 Å². The van der Waals surface area contributed by atoms with Crippen LogP contribution in [0.1, 0.15) is 16.7 Å². The number of benzene rings is 1. The first-order valence-electron chi connectivity index (χ1n) is 3.49. The van der Waals surface area contributed by atoms with E-state index in [1.54, 1.807) is 6.07 Å². The molecule has 1 aromatic rings. The second-order valence-corrected chi connectivity index (χ2v) is 3.69. The fraction of sp³-hybridized carbons (Fsp3) is 0.222. The molecule has 12 heavy (non-hydrogen) atoms. The minimum absolute atomic E-state index is 0.0688. The summed E-state index contributed by atoms with van der Waals surface area (Å²) in [6.07, 6.45) is 0. The van der Waals surface area contributed by atoms with Crippen molar-refractivity contribution in [2.75, 3.05) is 0 Å². The van der Waals surface area contributed by atoms with Crippen molar-refractivity contribution in [3.8, 4) is 6.07 Å². The van der Waals surface area contributed by atoms with Gasteiger partial charge in [0, 0.05) is 3.57 Å². The van der Waals surface area contributed by atoms with Gasteiger partial charge in [-0.3, -0.25) is 0 Å². The summed E-state index contributed by atoms with van der Waals surface area (Å²) in [7, 11) is 0. The van der Waals surface area contributed by atoms with Crippen LogP contribution in [0.25, 0.3) is 0 Å². The van der Waals surface area contributed by atoms with Crippen molar-refractivity contribution < 1.29 is 5.11 Å². The van der Waals surface area contributed by atoms with Crippen LogP contribution >= 0.6 is 22.6 Å². The predicted molar refractivity (Wildman–Crippen MR) is 54.5 cm³/mol. The topological polar surface area (TPSA) is 44.0 Å². The Morgan fingerprint density at radius 2 is 2.25 bits per heavy atom. The lowest BCUT2D eigenvalue weighted by atomic mass is 10.1. The van der Waals surface area contributed by atoms with Crippen molar-refractivity contribution in [1.29, 1.82) is 5.26 Å². The van der Waals surface area contributed by atoms with E-state index in [1.165, 1.54) is 0 Å². The molecular weight excluding hydrogens is 265 g/mol. The van der Waals surface area contributed by atoms with Gasteiger partial charge in [-0.1, -0.05) is 6.07 Å². The maximum Gasteiger partial charge on any atom is 0.0995 e. The molecular formula is C9H8INO. The smallest absolute Gasteiger partial charge is 0.0995 e. The highest BCUT2D eigenvalue weighted by Crippen LogP contribution is 2.17. The molecule has 0 saturated carbocycles. The van der Waals surface area contributed by atoms with Crippen LogP contribution in [0.5, 0.6) is 0 Å². The van der Waals surface area contributed by atoms with Crippen molar-refractivity contribution in [2.45, 2.75) is 13.5 Å². The van der Waals surface area contributed by atoms with Gasteiger partial charge in [0.1, 0.15) is 0 Å². The molecule has 2 nitrogen and oxygen atoms in total. The molecule has 0 amide bonds. The molecule has 3 heteroatoms. The van der Waals surface area contributed by atoms with Gasteiger partial charge in [0.2, 0.25) is 0 Å². The summed E-state index contributed by atoms with van der Waals surface area (Å²) < 4.78 is 1.06. The summed E-state index contributed by atoms with van der Waals surface area (Å²) in [5, 5.41) is 17.6. The summed E-state index contributed by atoms with van der Waals surface area (Å²) in [6, 6.07) is 5.69. The highest BCUT2D eigenvalue weighted by molar-refractivity contribution is 14.1. The van der Waals surface area contributed by atoms with E-state index >= 15 is 0 Å². The molecule has 0 fully saturated rings. The van der Waals surface area contributed by atoms with E-state index in [-0.39, 0.29) is 6.61 Å².